The molecule has 0 aromatic carbocycles. The molecule has 0 radical (unpaired) electrons. The fourth-order valence-corrected chi connectivity index (χ4v) is 4.31. The third kappa shape index (κ3) is 4.49. The zero-order valence-corrected chi connectivity index (χ0v) is 14.8. The normalized spacial score (nSPS) is 21.9. The fraction of sp³-hybridized carbons (Fsp3) is 0.824. The Kier molecular flexibility index (Phi) is 5.97. The number of likely N-dealkylation sites (tertiary alicyclic amines) is 1. The number of nitrogens with zero attached hydrogens (tertiary/aromatic N) is 3. The van der Waals surface area contributed by atoms with Crippen LogP contribution in [0.5, 0.6) is 0 Å². The van der Waals surface area contributed by atoms with E-state index >= 15 is 0 Å². The van der Waals surface area contributed by atoms with E-state index in [1.807, 2.05) is 11.8 Å². The largest absolute Gasteiger partial charge is 0.416 e. The van der Waals surface area contributed by atoms with E-state index < -0.39 is 0 Å². The lowest BCUT2D eigenvalue weighted by molar-refractivity contribution is -0.130. The molecule has 1 aliphatic carbocycles. The Labute approximate surface area is 142 Å². The Hall–Kier alpha value is -1.04. The summed E-state index contributed by atoms with van der Waals surface area (Å²) in [6.07, 6.45) is 10.8. The van der Waals surface area contributed by atoms with Gasteiger partial charge in [0.05, 0.1) is 5.25 Å². The van der Waals surface area contributed by atoms with Gasteiger partial charge < -0.3 is 9.32 Å². The molecule has 0 N–H and O–H groups in total. The molecule has 128 valence electrons. The molecule has 1 atom stereocenters. The van der Waals surface area contributed by atoms with Crippen LogP contribution in [0.25, 0.3) is 0 Å². The molecule has 23 heavy (non-hydrogen) atoms. The molecule has 2 aliphatic rings. The Balaban J connectivity index is 1.55. The number of amides is 1. The topological polar surface area (TPSA) is 59.2 Å². The van der Waals surface area contributed by atoms with Gasteiger partial charge in [-0.1, -0.05) is 43.9 Å². The Bertz CT molecular complexity index is 506. The summed E-state index contributed by atoms with van der Waals surface area (Å²) in [5.74, 6) is 1.39. The van der Waals surface area contributed by atoms with E-state index in [0.29, 0.717) is 11.1 Å². The smallest absolute Gasteiger partial charge is 0.277 e. The van der Waals surface area contributed by atoms with E-state index in [4.69, 9.17) is 4.42 Å². The number of carbonyl (C=O) groups excluding carboxylic acids is 1. The maximum Gasteiger partial charge on any atom is 0.277 e. The van der Waals surface area contributed by atoms with Gasteiger partial charge in [-0.2, -0.15) is 0 Å². The van der Waals surface area contributed by atoms with Gasteiger partial charge in [0, 0.05) is 19.0 Å². The minimum absolute atomic E-state index is 0.159. The zero-order chi connectivity index (χ0) is 16.1. The summed E-state index contributed by atoms with van der Waals surface area (Å²) >= 11 is 1.41. The van der Waals surface area contributed by atoms with Gasteiger partial charge in [-0.3, -0.25) is 4.79 Å². The molecular formula is C17H27N3O2S. The van der Waals surface area contributed by atoms with E-state index in [9.17, 15) is 4.79 Å². The van der Waals surface area contributed by atoms with Crippen molar-refractivity contribution in [1.82, 2.24) is 15.1 Å². The molecule has 3 rings (SSSR count). The molecule has 1 saturated heterocycles. The number of aromatic nitrogens is 2. The molecule has 1 aromatic rings. The molecule has 2 fully saturated rings. The first-order chi connectivity index (χ1) is 11.2. The summed E-state index contributed by atoms with van der Waals surface area (Å²) in [6, 6.07) is 0. The average molecular weight is 337 g/mol. The highest BCUT2D eigenvalue weighted by molar-refractivity contribution is 8.00. The standard InChI is InChI=1S/C17H27N3O2S/c1-13(16(21)20-11-7-2-3-8-12-20)23-17-19-18-15(22-17)14-9-5-4-6-10-14/h13-14H,2-12H2,1H3. The lowest BCUT2D eigenvalue weighted by atomic mass is 9.89. The van der Waals surface area contributed by atoms with Crippen LogP contribution in [0.4, 0.5) is 0 Å². The summed E-state index contributed by atoms with van der Waals surface area (Å²) in [5, 5.41) is 8.75. The molecule has 6 heteroatoms. The number of rotatable bonds is 4. The predicted molar refractivity (Wildman–Crippen MR) is 90.5 cm³/mol. The molecule has 1 amide bonds. The van der Waals surface area contributed by atoms with Crippen molar-refractivity contribution >= 4 is 17.7 Å². The molecule has 1 aromatic heterocycles. The second-order valence-corrected chi connectivity index (χ2v) is 8.03. The minimum atomic E-state index is -0.159. The zero-order valence-electron chi connectivity index (χ0n) is 14.0. The van der Waals surface area contributed by atoms with Gasteiger partial charge in [0.2, 0.25) is 11.8 Å². The highest BCUT2D eigenvalue weighted by Crippen LogP contribution is 2.33. The molecule has 2 heterocycles. The molecule has 0 spiro atoms. The van der Waals surface area contributed by atoms with E-state index in [1.165, 1.54) is 43.9 Å². The van der Waals surface area contributed by atoms with E-state index in [1.54, 1.807) is 0 Å². The average Bonchev–Trinajstić information content (AvgIpc) is 2.88. The van der Waals surface area contributed by atoms with Gasteiger partial charge in [0.25, 0.3) is 5.22 Å². The van der Waals surface area contributed by atoms with Gasteiger partial charge in [-0.25, -0.2) is 0 Å². The van der Waals surface area contributed by atoms with Crippen molar-refractivity contribution < 1.29 is 9.21 Å². The lowest BCUT2D eigenvalue weighted by Crippen LogP contribution is -2.37. The van der Waals surface area contributed by atoms with Crippen LogP contribution in [0.3, 0.4) is 0 Å². The van der Waals surface area contributed by atoms with Crippen LogP contribution in [0.2, 0.25) is 0 Å². The van der Waals surface area contributed by atoms with Crippen molar-refractivity contribution in [3.8, 4) is 0 Å². The van der Waals surface area contributed by atoms with Crippen molar-refractivity contribution in [1.29, 1.82) is 0 Å². The summed E-state index contributed by atoms with van der Waals surface area (Å²) < 4.78 is 5.83. The highest BCUT2D eigenvalue weighted by atomic mass is 32.2. The SMILES string of the molecule is CC(Sc1nnc(C2CCCCC2)o1)C(=O)N1CCCCCC1. The van der Waals surface area contributed by atoms with Crippen LogP contribution in [-0.2, 0) is 4.79 Å². The first kappa shape index (κ1) is 16.8. The van der Waals surface area contributed by atoms with E-state index in [-0.39, 0.29) is 11.2 Å². The van der Waals surface area contributed by atoms with Crippen molar-refractivity contribution in [2.45, 2.75) is 81.1 Å². The Morgan fingerprint density at radius 2 is 1.74 bits per heavy atom. The van der Waals surface area contributed by atoms with Crippen LogP contribution in [-0.4, -0.2) is 39.3 Å². The van der Waals surface area contributed by atoms with Crippen molar-refractivity contribution in [3.05, 3.63) is 5.89 Å². The fourth-order valence-electron chi connectivity index (χ4n) is 3.53. The van der Waals surface area contributed by atoms with Crippen molar-refractivity contribution in [2.24, 2.45) is 0 Å². The first-order valence-electron chi connectivity index (χ1n) is 9.03. The van der Waals surface area contributed by atoms with Crippen LogP contribution in [0.15, 0.2) is 9.64 Å². The number of hydrogen-bond acceptors (Lipinski definition) is 5. The molecule has 1 unspecified atom stereocenters. The maximum atomic E-state index is 12.6. The second-order valence-electron chi connectivity index (χ2n) is 6.74. The van der Waals surface area contributed by atoms with Gasteiger partial charge in [0.1, 0.15) is 0 Å². The van der Waals surface area contributed by atoms with Crippen LogP contribution < -0.4 is 0 Å². The van der Waals surface area contributed by atoms with Gasteiger partial charge in [-0.15, -0.1) is 10.2 Å². The maximum absolute atomic E-state index is 12.6. The van der Waals surface area contributed by atoms with Crippen LogP contribution in [0.1, 0.15) is 76.5 Å². The van der Waals surface area contributed by atoms with Gasteiger partial charge in [-0.05, 0) is 32.6 Å². The van der Waals surface area contributed by atoms with E-state index in [0.717, 1.165) is 44.7 Å². The third-order valence-electron chi connectivity index (χ3n) is 4.92. The Morgan fingerprint density at radius 1 is 1.09 bits per heavy atom. The summed E-state index contributed by atoms with van der Waals surface area (Å²) in [5.41, 5.74) is 0. The number of carbonyl (C=O) groups is 1. The molecular weight excluding hydrogens is 310 g/mol. The van der Waals surface area contributed by atoms with Crippen LogP contribution >= 0.6 is 11.8 Å². The lowest BCUT2D eigenvalue weighted by Gasteiger charge is -2.23. The second kappa shape index (κ2) is 8.18. The monoisotopic (exact) mass is 337 g/mol. The van der Waals surface area contributed by atoms with Gasteiger partial charge >= 0.3 is 0 Å². The number of hydrogen-bond donors (Lipinski definition) is 0. The minimum Gasteiger partial charge on any atom is -0.416 e. The van der Waals surface area contributed by atoms with E-state index in [2.05, 4.69) is 10.2 Å². The summed E-state index contributed by atoms with van der Waals surface area (Å²) in [4.78, 5) is 14.6. The quantitative estimate of drug-likeness (QED) is 0.777. The molecule has 0 bridgehead atoms. The molecule has 1 aliphatic heterocycles. The van der Waals surface area contributed by atoms with Crippen LogP contribution in [0, 0.1) is 0 Å². The Morgan fingerprint density at radius 3 is 2.43 bits per heavy atom. The van der Waals surface area contributed by atoms with Crippen molar-refractivity contribution in [2.75, 3.05) is 13.1 Å². The van der Waals surface area contributed by atoms with Crippen molar-refractivity contribution in [3.63, 3.8) is 0 Å². The third-order valence-corrected chi connectivity index (χ3v) is 5.84. The summed E-state index contributed by atoms with van der Waals surface area (Å²) in [6.45, 7) is 3.73. The molecule has 5 nitrogen and oxygen atoms in total. The summed E-state index contributed by atoms with van der Waals surface area (Å²) in [7, 11) is 0. The predicted octanol–water partition coefficient (Wildman–Crippen LogP) is 4.00. The highest BCUT2D eigenvalue weighted by Gasteiger charge is 2.26. The van der Waals surface area contributed by atoms with Gasteiger partial charge in [0.15, 0.2) is 0 Å². The molecule has 1 saturated carbocycles. The number of thioether (sulfide) groups is 1. The first-order valence-corrected chi connectivity index (χ1v) is 9.91.